The minimum atomic E-state index is -0.487. The standard InChI is InChI=1S/C25H25ClN2O6S/c1-2-33-21-13-17(7-8-20(21)34-16-18-5-3-4-6-19(18)26)14-22-24(30)28(25(31)35-22)15-23(29)27-9-11-32-12-10-27/h3-8,13-14H,2,9-12,15-16H2,1H3/b22-14+. The Balaban J connectivity index is 1.46. The molecule has 2 aromatic carbocycles. The van der Waals surface area contributed by atoms with E-state index in [2.05, 4.69) is 0 Å². The van der Waals surface area contributed by atoms with Crippen LogP contribution in [0.1, 0.15) is 18.1 Å². The fourth-order valence-corrected chi connectivity index (χ4v) is 4.64. The van der Waals surface area contributed by atoms with Gasteiger partial charge in [0.1, 0.15) is 13.2 Å². The van der Waals surface area contributed by atoms with E-state index < -0.39 is 11.1 Å². The highest BCUT2D eigenvalue weighted by Crippen LogP contribution is 2.35. The minimum Gasteiger partial charge on any atom is -0.490 e. The van der Waals surface area contributed by atoms with Gasteiger partial charge >= 0.3 is 0 Å². The highest BCUT2D eigenvalue weighted by molar-refractivity contribution is 8.18. The lowest BCUT2D eigenvalue weighted by molar-refractivity contribution is -0.139. The van der Waals surface area contributed by atoms with Crippen molar-refractivity contribution in [1.82, 2.24) is 9.80 Å². The second-order valence-corrected chi connectivity index (χ2v) is 9.18. The Morgan fingerprint density at radius 3 is 2.63 bits per heavy atom. The maximum Gasteiger partial charge on any atom is 0.294 e. The molecular weight excluding hydrogens is 492 g/mol. The van der Waals surface area contributed by atoms with Gasteiger partial charge in [-0.25, -0.2) is 0 Å². The number of hydrogen-bond donors (Lipinski definition) is 0. The first kappa shape index (κ1) is 25.1. The third-order valence-corrected chi connectivity index (χ3v) is 6.71. The summed E-state index contributed by atoms with van der Waals surface area (Å²) >= 11 is 7.02. The predicted octanol–water partition coefficient (Wildman–Crippen LogP) is 4.21. The van der Waals surface area contributed by atoms with Crippen molar-refractivity contribution in [2.75, 3.05) is 39.5 Å². The van der Waals surface area contributed by atoms with Crippen molar-refractivity contribution in [3.63, 3.8) is 0 Å². The molecule has 2 saturated heterocycles. The lowest BCUT2D eigenvalue weighted by atomic mass is 10.1. The fourth-order valence-electron chi connectivity index (χ4n) is 3.61. The van der Waals surface area contributed by atoms with E-state index in [9.17, 15) is 14.4 Å². The molecule has 0 spiro atoms. The van der Waals surface area contributed by atoms with Crippen LogP contribution in [-0.2, 0) is 20.9 Å². The van der Waals surface area contributed by atoms with Crippen molar-refractivity contribution in [3.8, 4) is 11.5 Å². The van der Waals surface area contributed by atoms with Crippen LogP contribution in [0.4, 0.5) is 4.79 Å². The molecule has 0 saturated carbocycles. The van der Waals surface area contributed by atoms with Gasteiger partial charge in [0.15, 0.2) is 11.5 Å². The van der Waals surface area contributed by atoms with Gasteiger partial charge in [-0.3, -0.25) is 19.3 Å². The fraction of sp³-hybridized carbons (Fsp3) is 0.320. The maximum absolute atomic E-state index is 12.9. The Morgan fingerprint density at radius 1 is 1.11 bits per heavy atom. The average molecular weight is 517 g/mol. The van der Waals surface area contributed by atoms with Crippen LogP contribution in [0.5, 0.6) is 11.5 Å². The van der Waals surface area contributed by atoms with Crippen LogP contribution < -0.4 is 9.47 Å². The number of hydrogen-bond acceptors (Lipinski definition) is 7. The molecule has 0 atom stereocenters. The van der Waals surface area contributed by atoms with E-state index in [1.807, 2.05) is 25.1 Å². The first-order valence-corrected chi connectivity index (χ1v) is 12.4. The molecule has 4 rings (SSSR count). The molecule has 3 amide bonds. The zero-order valence-electron chi connectivity index (χ0n) is 19.2. The number of imide groups is 1. The number of halogens is 1. The first-order valence-electron chi connectivity index (χ1n) is 11.2. The van der Waals surface area contributed by atoms with E-state index in [1.165, 1.54) is 0 Å². The average Bonchev–Trinajstić information content (AvgIpc) is 3.12. The van der Waals surface area contributed by atoms with Crippen LogP contribution in [0, 0.1) is 0 Å². The van der Waals surface area contributed by atoms with Gasteiger partial charge in [0.25, 0.3) is 11.1 Å². The van der Waals surface area contributed by atoms with Gasteiger partial charge in [0.2, 0.25) is 5.91 Å². The highest BCUT2D eigenvalue weighted by Gasteiger charge is 2.37. The molecule has 0 radical (unpaired) electrons. The number of ether oxygens (including phenoxy) is 3. The molecule has 0 aliphatic carbocycles. The Labute approximate surface area is 212 Å². The Hall–Kier alpha value is -3.01. The number of benzene rings is 2. The molecular formula is C25H25ClN2O6S. The Bertz CT molecular complexity index is 1150. The summed E-state index contributed by atoms with van der Waals surface area (Å²) in [6, 6.07) is 12.7. The largest absolute Gasteiger partial charge is 0.490 e. The SMILES string of the molecule is CCOc1cc(/C=C2/SC(=O)N(CC(=O)N3CCOCC3)C2=O)ccc1OCc1ccccc1Cl. The van der Waals surface area contributed by atoms with E-state index in [0.29, 0.717) is 55.0 Å². The molecule has 35 heavy (non-hydrogen) atoms. The number of morpholine rings is 1. The molecule has 2 aromatic rings. The maximum atomic E-state index is 12.9. The summed E-state index contributed by atoms with van der Waals surface area (Å²) in [7, 11) is 0. The summed E-state index contributed by atoms with van der Waals surface area (Å²) in [4.78, 5) is 40.7. The number of carbonyl (C=O) groups excluding carboxylic acids is 3. The molecule has 2 aliphatic heterocycles. The lowest BCUT2D eigenvalue weighted by Crippen LogP contribution is -2.46. The molecule has 0 aromatic heterocycles. The van der Waals surface area contributed by atoms with E-state index in [1.54, 1.807) is 35.2 Å². The Kier molecular flexibility index (Phi) is 8.33. The summed E-state index contributed by atoms with van der Waals surface area (Å²) in [6.07, 6.45) is 1.62. The zero-order chi connectivity index (χ0) is 24.8. The lowest BCUT2D eigenvalue weighted by Gasteiger charge is -2.28. The third-order valence-electron chi connectivity index (χ3n) is 5.44. The molecule has 2 fully saturated rings. The Morgan fingerprint density at radius 2 is 1.89 bits per heavy atom. The quantitative estimate of drug-likeness (QED) is 0.486. The smallest absolute Gasteiger partial charge is 0.294 e. The summed E-state index contributed by atoms with van der Waals surface area (Å²) in [5.41, 5.74) is 1.52. The van der Waals surface area contributed by atoms with Gasteiger partial charge in [0.05, 0.1) is 24.7 Å². The van der Waals surface area contributed by atoms with Crippen molar-refractivity contribution in [2.24, 2.45) is 0 Å². The van der Waals surface area contributed by atoms with Crippen LogP contribution >= 0.6 is 23.4 Å². The first-order chi connectivity index (χ1) is 17.0. The van der Waals surface area contributed by atoms with E-state index in [0.717, 1.165) is 22.2 Å². The number of carbonyl (C=O) groups is 3. The van der Waals surface area contributed by atoms with Crippen molar-refractivity contribution >= 4 is 46.5 Å². The van der Waals surface area contributed by atoms with E-state index in [-0.39, 0.29) is 24.0 Å². The topological polar surface area (TPSA) is 85.4 Å². The number of amides is 3. The second kappa shape index (κ2) is 11.6. The zero-order valence-corrected chi connectivity index (χ0v) is 20.8. The number of rotatable bonds is 8. The van der Waals surface area contributed by atoms with Gasteiger partial charge in [-0.1, -0.05) is 35.9 Å². The molecule has 10 heteroatoms. The van der Waals surface area contributed by atoms with Crippen LogP contribution in [-0.4, -0.2) is 66.3 Å². The summed E-state index contributed by atoms with van der Waals surface area (Å²) in [5.74, 6) is 0.289. The summed E-state index contributed by atoms with van der Waals surface area (Å²) in [5, 5.41) is 0.150. The number of nitrogens with zero attached hydrogens (tertiary/aromatic N) is 2. The van der Waals surface area contributed by atoms with E-state index >= 15 is 0 Å². The molecule has 2 aliphatic rings. The van der Waals surface area contributed by atoms with Gasteiger partial charge in [-0.05, 0) is 48.5 Å². The second-order valence-electron chi connectivity index (χ2n) is 7.78. The normalized spacial score (nSPS) is 17.3. The van der Waals surface area contributed by atoms with Crippen LogP contribution in [0.2, 0.25) is 5.02 Å². The van der Waals surface area contributed by atoms with Crippen molar-refractivity contribution < 1.29 is 28.6 Å². The summed E-state index contributed by atoms with van der Waals surface area (Å²) in [6.45, 7) is 4.09. The molecule has 184 valence electrons. The van der Waals surface area contributed by atoms with E-state index in [4.69, 9.17) is 25.8 Å². The van der Waals surface area contributed by atoms with Crippen molar-refractivity contribution in [1.29, 1.82) is 0 Å². The molecule has 0 unspecified atom stereocenters. The van der Waals surface area contributed by atoms with Crippen LogP contribution in [0.15, 0.2) is 47.4 Å². The molecule has 0 N–H and O–H groups in total. The molecule has 0 bridgehead atoms. The van der Waals surface area contributed by atoms with Gasteiger partial charge < -0.3 is 19.1 Å². The molecule has 2 heterocycles. The van der Waals surface area contributed by atoms with Gasteiger partial charge in [0, 0.05) is 23.7 Å². The van der Waals surface area contributed by atoms with Gasteiger partial charge in [-0.15, -0.1) is 0 Å². The van der Waals surface area contributed by atoms with Gasteiger partial charge in [-0.2, -0.15) is 0 Å². The summed E-state index contributed by atoms with van der Waals surface area (Å²) < 4.78 is 16.9. The highest BCUT2D eigenvalue weighted by atomic mass is 35.5. The van der Waals surface area contributed by atoms with Crippen LogP contribution in [0.3, 0.4) is 0 Å². The third kappa shape index (κ3) is 6.17. The van der Waals surface area contributed by atoms with Crippen molar-refractivity contribution in [2.45, 2.75) is 13.5 Å². The minimum absolute atomic E-state index is 0.247. The monoisotopic (exact) mass is 516 g/mol. The predicted molar refractivity (Wildman–Crippen MR) is 133 cm³/mol. The molecule has 8 nitrogen and oxygen atoms in total. The van der Waals surface area contributed by atoms with Crippen molar-refractivity contribution in [3.05, 3.63) is 63.5 Å². The number of thioether (sulfide) groups is 1. The van der Waals surface area contributed by atoms with Crippen LogP contribution in [0.25, 0.3) is 6.08 Å².